The zero-order valence-corrected chi connectivity index (χ0v) is 8.42. The zero-order valence-electron chi connectivity index (χ0n) is 8.42. The second kappa shape index (κ2) is 4.29. The van der Waals surface area contributed by atoms with Gasteiger partial charge in [0.05, 0.1) is 6.20 Å². The lowest BCUT2D eigenvalue weighted by Crippen LogP contribution is -2.36. The van der Waals surface area contributed by atoms with Crippen LogP contribution in [0.4, 0.5) is 0 Å². The average Bonchev–Trinajstić information content (AvgIpc) is 2.69. The lowest BCUT2D eigenvalue weighted by molar-refractivity contribution is -0.0720. The summed E-state index contributed by atoms with van der Waals surface area (Å²) in [4.78, 5) is 6.46. The summed E-state index contributed by atoms with van der Waals surface area (Å²) in [5.41, 5.74) is 3.34. The van der Waals surface area contributed by atoms with E-state index in [2.05, 4.69) is 10.6 Å². The van der Waals surface area contributed by atoms with Crippen LogP contribution in [0.5, 0.6) is 0 Å². The van der Waals surface area contributed by atoms with Crippen molar-refractivity contribution in [1.29, 1.82) is 0 Å². The van der Waals surface area contributed by atoms with E-state index in [1.807, 2.05) is 31.2 Å². The molecule has 1 atom stereocenters. The number of rotatable bonds is 4. The Hall–Kier alpha value is -1.59. The molecule has 0 radical (unpaired) electrons. The Kier molecular flexibility index (Phi) is 2.84. The summed E-state index contributed by atoms with van der Waals surface area (Å²) in [5.74, 6) is 0. The molecule has 0 saturated heterocycles. The van der Waals surface area contributed by atoms with Gasteiger partial charge in [0.1, 0.15) is 11.7 Å². The molecule has 2 N–H and O–H groups in total. The van der Waals surface area contributed by atoms with Gasteiger partial charge >= 0.3 is 0 Å². The van der Waals surface area contributed by atoms with Crippen molar-refractivity contribution in [2.75, 3.05) is 0 Å². The predicted molar refractivity (Wildman–Crippen MR) is 55.7 cm³/mol. The summed E-state index contributed by atoms with van der Waals surface area (Å²) >= 11 is 0. The first kappa shape index (κ1) is 9.95. The van der Waals surface area contributed by atoms with Crippen LogP contribution >= 0.6 is 0 Å². The van der Waals surface area contributed by atoms with E-state index in [0.717, 1.165) is 10.9 Å². The molecule has 1 aromatic carbocycles. The van der Waals surface area contributed by atoms with Crippen LogP contribution in [0.3, 0.4) is 0 Å². The Morgan fingerprint density at radius 2 is 2.33 bits per heavy atom. The van der Waals surface area contributed by atoms with E-state index in [0.29, 0.717) is 6.42 Å². The topological polar surface area (TPSA) is 59.3 Å². The molecule has 2 aromatic rings. The van der Waals surface area contributed by atoms with E-state index in [4.69, 9.17) is 4.94 Å². The molecule has 5 heteroatoms. The Bertz CT molecular complexity index is 441. The number of hydrogen-bond acceptors (Lipinski definition) is 4. The van der Waals surface area contributed by atoms with Crippen LogP contribution in [-0.4, -0.2) is 21.3 Å². The first-order valence-corrected chi connectivity index (χ1v) is 4.85. The minimum atomic E-state index is -0.687. The third-order valence-corrected chi connectivity index (χ3v) is 2.11. The van der Waals surface area contributed by atoms with Gasteiger partial charge < -0.3 is 5.11 Å². The van der Waals surface area contributed by atoms with Crippen molar-refractivity contribution in [1.82, 2.24) is 15.4 Å². The second-order valence-electron chi connectivity index (χ2n) is 3.21. The summed E-state index contributed by atoms with van der Waals surface area (Å²) in [6.45, 7) is 1.85. The number of nitrogens with zero attached hydrogens (tertiary/aromatic N) is 2. The van der Waals surface area contributed by atoms with Crippen molar-refractivity contribution in [3.63, 3.8) is 0 Å². The molecule has 0 saturated carbocycles. The van der Waals surface area contributed by atoms with Crippen LogP contribution in [0.1, 0.15) is 13.3 Å². The fraction of sp³-hybridized carbons (Fsp3) is 0.300. The Labute approximate surface area is 87.2 Å². The largest absolute Gasteiger partial charge is 0.375 e. The third kappa shape index (κ3) is 2.08. The highest BCUT2D eigenvalue weighted by molar-refractivity contribution is 5.77. The maximum absolute atomic E-state index is 9.25. The number of hydroxylamine groups is 1. The first-order valence-electron chi connectivity index (χ1n) is 4.85. The Balaban J connectivity index is 2.14. The van der Waals surface area contributed by atoms with E-state index >= 15 is 0 Å². The highest BCUT2D eigenvalue weighted by atomic mass is 16.8. The van der Waals surface area contributed by atoms with Crippen LogP contribution < -0.4 is 10.4 Å². The molecule has 1 unspecified atom stereocenters. The highest BCUT2D eigenvalue weighted by Crippen LogP contribution is 2.10. The minimum Gasteiger partial charge on any atom is -0.375 e. The van der Waals surface area contributed by atoms with Gasteiger partial charge in [-0.2, -0.15) is 0 Å². The molecule has 0 aliphatic carbocycles. The molecule has 0 aliphatic rings. The van der Waals surface area contributed by atoms with Gasteiger partial charge in [0.25, 0.3) is 0 Å². The molecule has 1 heterocycles. The quantitative estimate of drug-likeness (QED) is 0.572. The van der Waals surface area contributed by atoms with E-state index in [-0.39, 0.29) is 0 Å². The molecule has 1 aromatic heterocycles. The zero-order chi connectivity index (χ0) is 10.7. The van der Waals surface area contributed by atoms with E-state index in [9.17, 15) is 5.11 Å². The summed E-state index contributed by atoms with van der Waals surface area (Å²) < 4.78 is 0. The van der Waals surface area contributed by atoms with Crippen LogP contribution in [0.15, 0.2) is 30.5 Å². The van der Waals surface area contributed by atoms with Gasteiger partial charge in [-0.1, -0.05) is 30.0 Å². The molecule has 0 aliphatic heterocycles. The number of nitrogens with one attached hydrogen (secondary N) is 1. The highest BCUT2D eigenvalue weighted by Gasteiger charge is 2.04. The van der Waals surface area contributed by atoms with Crippen LogP contribution in [-0.2, 0) is 0 Å². The van der Waals surface area contributed by atoms with Gasteiger partial charge in [0.15, 0.2) is 0 Å². The molecule has 0 amide bonds. The van der Waals surface area contributed by atoms with Crippen LogP contribution in [0, 0.1) is 0 Å². The van der Waals surface area contributed by atoms with E-state index in [1.54, 1.807) is 6.20 Å². The number of benzene rings is 1. The molecule has 15 heavy (non-hydrogen) atoms. The molecule has 0 spiro atoms. The first-order chi connectivity index (χ1) is 7.31. The molecule has 0 fully saturated rings. The number of aliphatic hydroxyl groups is 1. The standard InChI is InChI=1S/C10H13N3O2/c1-2-10(14)12-15-13-9-6-4-3-5-8(9)7-11-13/h3-7,10,12,14H,2H2,1H3. The third-order valence-electron chi connectivity index (χ3n) is 2.11. The number of para-hydroxylation sites is 1. The Morgan fingerprint density at radius 1 is 1.53 bits per heavy atom. The van der Waals surface area contributed by atoms with Crippen molar-refractivity contribution in [2.24, 2.45) is 0 Å². The second-order valence-corrected chi connectivity index (χ2v) is 3.21. The van der Waals surface area contributed by atoms with Gasteiger partial charge in [-0.25, -0.2) is 0 Å². The maximum Gasteiger partial charge on any atom is 0.139 e. The van der Waals surface area contributed by atoms with Crippen molar-refractivity contribution in [2.45, 2.75) is 19.6 Å². The summed E-state index contributed by atoms with van der Waals surface area (Å²) in [6, 6.07) is 7.67. The minimum absolute atomic E-state index is 0.569. The summed E-state index contributed by atoms with van der Waals surface area (Å²) in [5, 5.41) is 14.3. The van der Waals surface area contributed by atoms with Crippen molar-refractivity contribution in [3.8, 4) is 0 Å². The van der Waals surface area contributed by atoms with E-state index in [1.165, 1.54) is 4.85 Å². The molecule has 0 bridgehead atoms. The average molecular weight is 207 g/mol. The monoisotopic (exact) mass is 207 g/mol. The predicted octanol–water partition coefficient (Wildman–Crippen LogP) is 0.698. The maximum atomic E-state index is 9.25. The van der Waals surface area contributed by atoms with Crippen LogP contribution in [0.25, 0.3) is 10.9 Å². The summed E-state index contributed by atoms with van der Waals surface area (Å²) in [6.07, 6.45) is 1.59. The lowest BCUT2D eigenvalue weighted by atomic mass is 10.3. The van der Waals surface area contributed by atoms with Gasteiger partial charge in [-0.05, 0) is 12.5 Å². The number of aromatic nitrogens is 2. The number of aliphatic hydroxyl groups excluding tert-OH is 1. The molecule has 80 valence electrons. The van der Waals surface area contributed by atoms with Gasteiger partial charge in [0.2, 0.25) is 0 Å². The van der Waals surface area contributed by atoms with E-state index < -0.39 is 6.23 Å². The molecule has 5 nitrogen and oxygen atoms in total. The van der Waals surface area contributed by atoms with Crippen molar-refractivity contribution >= 4 is 10.9 Å². The molecular formula is C10H13N3O2. The van der Waals surface area contributed by atoms with Gasteiger partial charge in [0, 0.05) is 5.39 Å². The smallest absolute Gasteiger partial charge is 0.139 e. The van der Waals surface area contributed by atoms with Crippen LogP contribution in [0.2, 0.25) is 0 Å². The van der Waals surface area contributed by atoms with Crippen molar-refractivity contribution in [3.05, 3.63) is 30.5 Å². The lowest BCUT2D eigenvalue weighted by Gasteiger charge is -2.10. The summed E-state index contributed by atoms with van der Waals surface area (Å²) in [7, 11) is 0. The van der Waals surface area contributed by atoms with Gasteiger partial charge in [-0.15, -0.1) is 10.6 Å². The molecule has 2 rings (SSSR count). The number of hydrogen-bond donors (Lipinski definition) is 2. The Morgan fingerprint density at radius 3 is 3.13 bits per heavy atom. The normalized spacial score (nSPS) is 12.9. The SMILES string of the molecule is CCC(O)NOn1ncc2ccccc21. The molecular weight excluding hydrogens is 194 g/mol. The van der Waals surface area contributed by atoms with Crippen molar-refractivity contribution < 1.29 is 10.0 Å². The fourth-order valence-electron chi connectivity index (χ4n) is 1.21. The van der Waals surface area contributed by atoms with Gasteiger partial charge in [-0.3, -0.25) is 4.94 Å². The number of fused-ring (bicyclic) bond motifs is 1. The fourth-order valence-corrected chi connectivity index (χ4v) is 1.21.